The van der Waals surface area contributed by atoms with Crippen molar-refractivity contribution >= 4 is 11.6 Å². The van der Waals surface area contributed by atoms with Crippen molar-refractivity contribution in [2.45, 2.75) is 32.2 Å². The van der Waals surface area contributed by atoms with Gasteiger partial charge in [0.2, 0.25) is 0 Å². The normalized spacial score (nSPS) is 17.8. The van der Waals surface area contributed by atoms with Crippen molar-refractivity contribution in [3.63, 3.8) is 0 Å². The number of hydrogen-bond acceptors (Lipinski definition) is 3. The van der Waals surface area contributed by atoms with E-state index in [0.717, 1.165) is 24.1 Å². The largest absolute Gasteiger partial charge is 0.388 e. The number of nitrogens with one attached hydrogen (secondary N) is 2. The van der Waals surface area contributed by atoms with Gasteiger partial charge in [-0.25, -0.2) is 0 Å². The van der Waals surface area contributed by atoms with Crippen molar-refractivity contribution in [3.8, 4) is 0 Å². The molecule has 1 fully saturated rings. The van der Waals surface area contributed by atoms with Gasteiger partial charge < -0.3 is 15.4 Å². The van der Waals surface area contributed by atoms with Crippen LogP contribution < -0.4 is 10.6 Å². The van der Waals surface area contributed by atoms with Crippen LogP contribution in [-0.4, -0.2) is 31.7 Å². The van der Waals surface area contributed by atoms with Crippen LogP contribution in [0.1, 0.15) is 35.7 Å². The minimum atomic E-state index is -0.148. The lowest BCUT2D eigenvalue weighted by Gasteiger charge is -2.34. The summed E-state index contributed by atoms with van der Waals surface area (Å²) in [4.78, 5) is 12.3. The SMILES string of the molecule is CNc1ccc(C(=O)NC2(C)CCOCC2)cc1C. The molecule has 1 aliphatic rings. The van der Waals surface area contributed by atoms with E-state index in [1.807, 2.05) is 32.2 Å². The van der Waals surface area contributed by atoms with Crippen molar-refractivity contribution in [2.24, 2.45) is 0 Å². The zero-order valence-electron chi connectivity index (χ0n) is 11.9. The fourth-order valence-electron chi connectivity index (χ4n) is 2.38. The van der Waals surface area contributed by atoms with Gasteiger partial charge in [-0.05, 0) is 50.5 Å². The first-order valence-corrected chi connectivity index (χ1v) is 6.73. The van der Waals surface area contributed by atoms with E-state index < -0.39 is 0 Å². The molecule has 2 rings (SSSR count). The molecule has 0 spiro atoms. The van der Waals surface area contributed by atoms with E-state index in [0.29, 0.717) is 18.8 Å². The molecule has 2 N–H and O–H groups in total. The number of benzene rings is 1. The number of hydrogen-bond donors (Lipinski definition) is 2. The Labute approximate surface area is 114 Å². The minimum Gasteiger partial charge on any atom is -0.388 e. The van der Waals surface area contributed by atoms with Gasteiger partial charge in [-0.15, -0.1) is 0 Å². The highest BCUT2D eigenvalue weighted by Crippen LogP contribution is 2.21. The summed E-state index contributed by atoms with van der Waals surface area (Å²) in [7, 11) is 1.88. The summed E-state index contributed by atoms with van der Waals surface area (Å²) in [5.41, 5.74) is 2.69. The lowest BCUT2D eigenvalue weighted by atomic mass is 9.92. The second-order valence-corrected chi connectivity index (χ2v) is 5.41. The molecule has 0 bridgehead atoms. The van der Waals surface area contributed by atoms with Gasteiger partial charge in [0.1, 0.15) is 0 Å². The van der Waals surface area contributed by atoms with Gasteiger partial charge >= 0.3 is 0 Å². The molecule has 104 valence electrons. The third-order valence-corrected chi connectivity index (χ3v) is 3.77. The van der Waals surface area contributed by atoms with Crippen LogP contribution in [0.5, 0.6) is 0 Å². The van der Waals surface area contributed by atoms with Crippen LogP contribution in [0.2, 0.25) is 0 Å². The van der Waals surface area contributed by atoms with Gasteiger partial charge in [-0.2, -0.15) is 0 Å². The summed E-state index contributed by atoms with van der Waals surface area (Å²) in [6, 6.07) is 5.72. The molecular formula is C15H22N2O2. The lowest BCUT2D eigenvalue weighted by molar-refractivity contribution is 0.0423. The Morgan fingerprint density at radius 1 is 1.32 bits per heavy atom. The number of ether oxygens (including phenoxy) is 1. The maximum Gasteiger partial charge on any atom is 0.251 e. The van der Waals surface area contributed by atoms with Gasteiger partial charge in [-0.3, -0.25) is 4.79 Å². The summed E-state index contributed by atoms with van der Waals surface area (Å²) in [5.74, 6) is -0.00449. The summed E-state index contributed by atoms with van der Waals surface area (Å²) < 4.78 is 5.34. The summed E-state index contributed by atoms with van der Waals surface area (Å²) in [6.07, 6.45) is 1.73. The van der Waals surface area contributed by atoms with E-state index in [9.17, 15) is 4.79 Å². The van der Waals surface area contributed by atoms with Gasteiger partial charge in [-0.1, -0.05) is 0 Å². The Hall–Kier alpha value is -1.55. The molecule has 0 aromatic heterocycles. The number of anilines is 1. The Kier molecular flexibility index (Phi) is 4.10. The minimum absolute atomic E-state index is 0.00449. The third kappa shape index (κ3) is 3.26. The highest BCUT2D eigenvalue weighted by Gasteiger charge is 2.29. The van der Waals surface area contributed by atoms with Crippen LogP contribution in [-0.2, 0) is 4.74 Å². The van der Waals surface area contributed by atoms with Crippen LogP contribution in [0.15, 0.2) is 18.2 Å². The lowest BCUT2D eigenvalue weighted by Crippen LogP contribution is -2.49. The summed E-state index contributed by atoms with van der Waals surface area (Å²) >= 11 is 0. The zero-order chi connectivity index (χ0) is 13.9. The Morgan fingerprint density at radius 3 is 2.58 bits per heavy atom. The summed E-state index contributed by atoms with van der Waals surface area (Å²) in [5, 5.41) is 6.24. The number of rotatable bonds is 3. The van der Waals surface area contributed by atoms with Crippen LogP contribution in [0.4, 0.5) is 5.69 Å². The highest BCUT2D eigenvalue weighted by molar-refractivity contribution is 5.95. The third-order valence-electron chi connectivity index (χ3n) is 3.77. The molecule has 4 nitrogen and oxygen atoms in total. The van der Waals surface area contributed by atoms with Crippen molar-refractivity contribution < 1.29 is 9.53 Å². The molecule has 1 aliphatic heterocycles. The Morgan fingerprint density at radius 2 is 2.00 bits per heavy atom. The molecule has 1 aromatic rings. The molecular weight excluding hydrogens is 240 g/mol. The molecule has 1 saturated heterocycles. The van der Waals surface area contributed by atoms with Crippen molar-refractivity contribution in [1.29, 1.82) is 0 Å². The van der Waals surface area contributed by atoms with E-state index in [1.54, 1.807) is 0 Å². The number of amides is 1. The van der Waals surface area contributed by atoms with E-state index in [2.05, 4.69) is 17.6 Å². The average Bonchev–Trinajstić information content (AvgIpc) is 2.39. The number of carbonyl (C=O) groups is 1. The van der Waals surface area contributed by atoms with Gasteiger partial charge in [0.15, 0.2) is 0 Å². The first-order chi connectivity index (χ1) is 9.04. The van der Waals surface area contributed by atoms with Crippen molar-refractivity contribution in [2.75, 3.05) is 25.6 Å². The predicted octanol–water partition coefficient (Wildman–Crippen LogP) is 2.34. The van der Waals surface area contributed by atoms with Crippen LogP contribution >= 0.6 is 0 Å². The first-order valence-electron chi connectivity index (χ1n) is 6.73. The molecule has 0 unspecified atom stereocenters. The fourth-order valence-corrected chi connectivity index (χ4v) is 2.38. The molecule has 1 amide bonds. The Balaban J connectivity index is 2.09. The topological polar surface area (TPSA) is 50.4 Å². The zero-order valence-corrected chi connectivity index (χ0v) is 11.9. The van der Waals surface area contributed by atoms with E-state index in [1.165, 1.54) is 0 Å². The van der Waals surface area contributed by atoms with E-state index >= 15 is 0 Å². The van der Waals surface area contributed by atoms with Gasteiger partial charge in [0.05, 0.1) is 0 Å². The molecule has 0 atom stereocenters. The smallest absolute Gasteiger partial charge is 0.251 e. The van der Waals surface area contributed by atoms with Crippen LogP contribution in [0.3, 0.4) is 0 Å². The molecule has 4 heteroatoms. The molecule has 1 aromatic carbocycles. The quantitative estimate of drug-likeness (QED) is 0.879. The Bertz CT molecular complexity index is 465. The van der Waals surface area contributed by atoms with Gasteiger partial charge in [0, 0.05) is 37.1 Å². The van der Waals surface area contributed by atoms with Gasteiger partial charge in [0.25, 0.3) is 5.91 Å². The molecule has 1 heterocycles. The standard InChI is InChI=1S/C15H22N2O2/c1-11-10-12(4-5-13(11)16-3)14(18)17-15(2)6-8-19-9-7-15/h4-5,10,16H,6-9H2,1-3H3,(H,17,18). The highest BCUT2D eigenvalue weighted by atomic mass is 16.5. The maximum atomic E-state index is 12.3. The maximum absolute atomic E-state index is 12.3. The number of aryl methyl sites for hydroxylation is 1. The fraction of sp³-hybridized carbons (Fsp3) is 0.533. The van der Waals surface area contributed by atoms with E-state index in [4.69, 9.17) is 4.74 Å². The van der Waals surface area contributed by atoms with Crippen molar-refractivity contribution in [3.05, 3.63) is 29.3 Å². The monoisotopic (exact) mass is 262 g/mol. The second kappa shape index (κ2) is 5.61. The van der Waals surface area contributed by atoms with Crippen molar-refractivity contribution in [1.82, 2.24) is 5.32 Å². The predicted molar refractivity (Wildman–Crippen MR) is 76.6 cm³/mol. The van der Waals surface area contributed by atoms with E-state index in [-0.39, 0.29) is 11.4 Å². The molecule has 0 saturated carbocycles. The van der Waals surface area contributed by atoms with Crippen LogP contribution in [0, 0.1) is 6.92 Å². The average molecular weight is 262 g/mol. The molecule has 0 aliphatic carbocycles. The number of carbonyl (C=O) groups excluding carboxylic acids is 1. The first kappa shape index (κ1) is 13.9. The molecule has 0 radical (unpaired) electrons. The molecule has 19 heavy (non-hydrogen) atoms. The van der Waals surface area contributed by atoms with Crippen LogP contribution in [0.25, 0.3) is 0 Å². The summed E-state index contributed by atoms with van der Waals surface area (Å²) in [6.45, 7) is 5.52. The second-order valence-electron chi connectivity index (χ2n) is 5.41.